The van der Waals surface area contributed by atoms with Crippen molar-refractivity contribution in [3.05, 3.63) is 0 Å². The van der Waals surface area contributed by atoms with Crippen molar-refractivity contribution in [3.8, 4) is 0 Å². The van der Waals surface area contributed by atoms with Crippen molar-refractivity contribution in [1.29, 1.82) is 0 Å². The van der Waals surface area contributed by atoms with Gasteiger partial charge in [0.1, 0.15) is 0 Å². The SMILES string of the molecule is CCCCC1NC(C2CCCC2)N(CCC2CCC2)C1=O. The van der Waals surface area contributed by atoms with Gasteiger partial charge in [-0.15, -0.1) is 0 Å². The van der Waals surface area contributed by atoms with Gasteiger partial charge in [-0.3, -0.25) is 10.1 Å². The van der Waals surface area contributed by atoms with Gasteiger partial charge in [0.2, 0.25) is 5.91 Å². The molecule has 0 spiro atoms. The summed E-state index contributed by atoms with van der Waals surface area (Å²) >= 11 is 0. The molecule has 1 saturated heterocycles. The van der Waals surface area contributed by atoms with E-state index >= 15 is 0 Å². The molecular formula is C18H32N2O. The zero-order valence-corrected chi connectivity index (χ0v) is 13.7. The predicted molar refractivity (Wildman–Crippen MR) is 85.9 cm³/mol. The molecule has 120 valence electrons. The highest BCUT2D eigenvalue weighted by molar-refractivity contribution is 5.84. The monoisotopic (exact) mass is 292 g/mol. The molecule has 0 bridgehead atoms. The Labute approximate surface area is 129 Å². The third kappa shape index (κ3) is 3.44. The van der Waals surface area contributed by atoms with E-state index in [9.17, 15) is 4.79 Å². The van der Waals surface area contributed by atoms with Crippen LogP contribution in [0.3, 0.4) is 0 Å². The second-order valence-corrected chi connectivity index (χ2v) is 7.47. The van der Waals surface area contributed by atoms with E-state index in [0.717, 1.165) is 25.3 Å². The van der Waals surface area contributed by atoms with Crippen LogP contribution in [0.1, 0.15) is 77.6 Å². The first-order valence-corrected chi connectivity index (χ1v) is 9.36. The molecule has 1 heterocycles. The highest BCUT2D eigenvalue weighted by atomic mass is 16.2. The predicted octanol–water partition coefficient (Wildman–Crippen LogP) is 3.68. The Morgan fingerprint density at radius 2 is 1.86 bits per heavy atom. The number of hydrogen-bond donors (Lipinski definition) is 1. The lowest BCUT2D eigenvalue weighted by molar-refractivity contribution is -0.131. The number of carbonyl (C=O) groups excluding carboxylic acids is 1. The molecule has 1 aliphatic heterocycles. The maximum atomic E-state index is 12.8. The van der Waals surface area contributed by atoms with Crippen LogP contribution in [-0.4, -0.2) is 29.6 Å². The summed E-state index contributed by atoms with van der Waals surface area (Å²) < 4.78 is 0. The summed E-state index contributed by atoms with van der Waals surface area (Å²) in [6, 6.07) is 0.108. The van der Waals surface area contributed by atoms with E-state index in [1.54, 1.807) is 0 Å². The summed E-state index contributed by atoms with van der Waals surface area (Å²) in [5, 5.41) is 3.70. The summed E-state index contributed by atoms with van der Waals surface area (Å²) in [6.45, 7) is 3.21. The van der Waals surface area contributed by atoms with Gasteiger partial charge in [0.15, 0.2) is 0 Å². The van der Waals surface area contributed by atoms with Gasteiger partial charge in [0, 0.05) is 6.54 Å². The number of nitrogens with zero attached hydrogens (tertiary/aromatic N) is 1. The summed E-state index contributed by atoms with van der Waals surface area (Å²) in [6.07, 6.45) is 14.5. The number of hydrogen-bond acceptors (Lipinski definition) is 2. The van der Waals surface area contributed by atoms with Crippen LogP contribution in [-0.2, 0) is 4.79 Å². The van der Waals surface area contributed by atoms with Gasteiger partial charge in [0.05, 0.1) is 12.2 Å². The molecule has 0 aromatic heterocycles. The van der Waals surface area contributed by atoms with E-state index in [0.29, 0.717) is 18.0 Å². The molecule has 3 heteroatoms. The lowest BCUT2D eigenvalue weighted by atomic mass is 9.83. The van der Waals surface area contributed by atoms with E-state index in [1.165, 1.54) is 57.8 Å². The number of carbonyl (C=O) groups is 1. The van der Waals surface area contributed by atoms with Gasteiger partial charge in [-0.1, -0.05) is 51.9 Å². The maximum Gasteiger partial charge on any atom is 0.241 e. The molecule has 0 radical (unpaired) electrons. The topological polar surface area (TPSA) is 32.3 Å². The lowest BCUT2D eigenvalue weighted by Gasteiger charge is -2.32. The zero-order chi connectivity index (χ0) is 14.7. The summed E-state index contributed by atoms with van der Waals surface area (Å²) in [4.78, 5) is 15.0. The quantitative estimate of drug-likeness (QED) is 0.776. The van der Waals surface area contributed by atoms with Crippen molar-refractivity contribution >= 4 is 5.91 Å². The van der Waals surface area contributed by atoms with Gasteiger partial charge in [-0.2, -0.15) is 0 Å². The van der Waals surface area contributed by atoms with Gasteiger partial charge < -0.3 is 4.90 Å². The van der Waals surface area contributed by atoms with Crippen molar-refractivity contribution in [2.75, 3.05) is 6.54 Å². The number of nitrogens with one attached hydrogen (secondary N) is 1. The Bertz CT molecular complexity index is 347. The van der Waals surface area contributed by atoms with Crippen LogP contribution in [0.2, 0.25) is 0 Å². The van der Waals surface area contributed by atoms with Crippen molar-refractivity contribution in [2.24, 2.45) is 11.8 Å². The fourth-order valence-corrected chi connectivity index (χ4v) is 4.34. The Balaban J connectivity index is 1.60. The number of amides is 1. The third-order valence-corrected chi connectivity index (χ3v) is 5.98. The second-order valence-electron chi connectivity index (χ2n) is 7.47. The fourth-order valence-electron chi connectivity index (χ4n) is 4.34. The largest absolute Gasteiger partial charge is 0.326 e. The summed E-state index contributed by atoms with van der Waals surface area (Å²) in [5.74, 6) is 2.01. The van der Waals surface area contributed by atoms with Crippen LogP contribution < -0.4 is 5.32 Å². The Hall–Kier alpha value is -0.570. The first-order chi connectivity index (χ1) is 10.3. The van der Waals surface area contributed by atoms with Gasteiger partial charge in [0.25, 0.3) is 0 Å². The minimum Gasteiger partial charge on any atom is -0.326 e. The second kappa shape index (κ2) is 7.13. The number of unbranched alkanes of at least 4 members (excludes halogenated alkanes) is 1. The smallest absolute Gasteiger partial charge is 0.241 e. The van der Waals surface area contributed by atoms with Crippen LogP contribution in [0.4, 0.5) is 0 Å². The molecule has 2 atom stereocenters. The first kappa shape index (κ1) is 15.3. The summed E-state index contributed by atoms with van der Waals surface area (Å²) in [5.41, 5.74) is 0. The van der Waals surface area contributed by atoms with Crippen LogP contribution >= 0.6 is 0 Å². The average molecular weight is 292 g/mol. The van der Waals surface area contributed by atoms with E-state index in [-0.39, 0.29) is 6.04 Å². The Kier molecular flexibility index (Phi) is 5.20. The minimum atomic E-state index is 0.108. The highest BCUT2D eigenvalue weighted by Crippen LogP contribution is 2.34. The molecule has 3 aliphatic rings. The van der Waals surface area contributed by atoms with E-state index in [4.69, 9.17) is 0 Å². The van der Waals surface area contributed by atoms with Crippen molar-refractivity contribution in [3.63, 3.8) is 0 Å². The molecule has 3 fully saturated rings. The van der Waals surface area contributed by atoms with Gasteiger partial charge >= 0.3 is 0 Å². The van der Waals surface area contributed by atoms with E-state index in [1.807, 2.05) is 0 Å². The fraction of sp³-hybridized carbons (Fsp3) is 0.944. The van der Waals surface area contributed by atoms with Gasteiger partial charge in [-0.25, -0.2) is 0 Å². The molecule has 2 unspecified atom stereocenters. The Morgan fingerprint density at radius 3 is 2.48 bits per heavy atom. The molecule has 1 amide bonds. The van der Waals surface area contributed by atoms with E-state index in [2.05, 4.69) is 17.1 Å². The lowest BCUT2D eigenvalue weighted by Crippen LogP contribution is -2.43. The minimum absolute atomic E-state index is 0.108. The van der Waals surface area contributed by atoms with Crippen molar-refractivity contribution in [2.45, 2.75) is 89.8 Å². The molecule has 0 aromatic carbocycles. The molecule has 21 heavy (non-hydrogen) atoms. The summed E-state index contributed by atoms with van der Waals surface area (Å²) in [7, 11) is 0. The maximum absolute atomic E-state index is 12.8. The molecule has 2 aliphatic carbocycles. The van der Waals surface area contributed by atoms with Crippen LogP contribution in [0.25, 0.3) is 0 Å². The van der Waals surface area contributed by atoms with Crippen molar-refractivity contribution < 1.29 is 4.79 Å². The molecule has 3 rings (SSSR count). The van der Waals surface area contributed by atoms with Crippen LogP contribution in [0.5, 0.6) is 0 Å². The van der Waals surface area contributed by atoms with Crippen molar-refractivity contribution in [1.82, 2.24) is 10.2 Å². The molecule has 3 nitrogen and oxygen atoms in total. The zero-order valence-electron chi connectivity index (χ0n) is 13.7. The van der Waals surface area contributed by atoms with E-state index < -0.39 is 0 Å². The van der Waals surface area contributed by atoms with Crippen LogP contribution in [0.15, 0.2) is 0 Å². The average Bonchev–Trinajstić information content (AvgIpc) is 3.04. The molecule has 2 saturated carbocycles. The van der Waals surface area contributed by atoms with Crippen LogP contribution in [0, 0.1) is 11.8 Å². The normalized spacial score (nSPS) is 31.1. The highest BCUT2D eigenvalue weighted by Gasteiger charge is 2.42. The standard InChI is InChI=1S/C18H32N2O/c1-2-3-11-16-18(21)20(13-12-14-7-6-8-14)17(19-16)15-9-4-5-10-15/h14-17,19H,2-13H2,1H3. The van der Waals surface area contributed by atoms with Gasteiger partial charge in [-0.05, 0) is 37.5 Å². The number of rotatable bonds is 7. The third-order valence-electron chi connectivity index (χ3n) is 5.98. The molecule has 1 N–H and O–H groups in total. The molecular weight excluding hydrogens is 260 g/mol. The Morgan fingerprint density at radius 1 is 1.10 bits per heavy atom. The first-order valence-electron chi connectivity index (χ1n) is 9.36. The molecule has 0 aromatic rings.